The van der Waals surface area contributed by atoms with Crippen molar-refractivity contribution < 1.29 is 13.6 Å². The average Bonchev–Trinajstić information content (AvgIpc) is 3.58. The average molecular weight is 380 g/mol. The highest BCUT2D eigenvalue weighted by Crippen LogP contribution is 2.30. The van der Waals surface area contributed by atoms with E-state index < -0.39 is 6.85 Å². The largest absolute Gasteiger partial charge is 0.497 e. The molecule has 1 aliphatic rings. The van der Waals surface area contributed by atoms with Crippen molar-refractivity contribution in [3.8, 4) is 5.75 Å². The number of amides is 1. The van der Waals surface area contributed by atoms with Crippen LogP contribution in [0.3, 0.4) is 0 Å². The van der Waals surface area contributed by atoms with Gasteiger partial charge in [-0.15, -0.1) is 10.2 Å². The molecule has 7 nitrogen and oxygen atoms in total. The van der Waals surface area contributed by atoms with E-state index in [0.29, 0.717) is 23.7 Å². The van der Waals surface area contributed by atoms with E-state index >= 15 is 0 Å². The molecule has 4 rings (SSSR count). The molecule has 0 bridgehead atoms. The lowest BCUT2D eigenvalue weighted by Crippen LogP contribution is -2.23. The zero-order valence-electron chi connectivity index (χ0n) is 18.6. The van der Waals surface area contributed by atoms with Gasteiger partial charge in [0.2, 0.25) is 5.91 Å². The Kier molecular flexibility index (Phi) is 4.12. The smallest absolute Gasteiger partial charge is 0.228 e. The molecule has 1 fully saturated rings. The van der Waals surface area contributed by atoms with Gasteiger partial charge in [-0.25, -0.2) is 4.98 Å². The summed E-state index contributed by atoms with van der Waals surface area (Å²) in [5.41, 5.74) is 1.38. The fraction of sp³-hybridized carbons (Fsp3) is 0.333. The Morgan fingerprint density at radius 3 is 2.82 bits per heavy atom. The third-order valence-corrected chi connectivity index (χ3v) is 4.71. The highest BCUT2D eigenvalue weighted by atomic mass is 16.5. The summed E-state index contributed by atoms with van der Waals surface area (Å²) in [5, 5.41) is 11.9. The molecule has 0 saturated heterocycles. The molecule has 7 heteroatoms. The molecule has 1 aromatic carbocycles. The van der Waals surface area contributed by atoms with Crippen LogP contribution in [0.4, 0.5) is 11.6 Å². The van der Waals surface area contributed by atoms with E-state index in [1.807, 2.05) is 24.3 Å². The summed E-state index contributed by atoms with van der Waals surface area (Å²) in [6.45, 7) is -2.06. The minimum Gasteiger partial charge on any atom is -0.497 e. The molecule has 0 aliphatic heterocycles. The van der Waals surface area contributed by atoms with Crippen LogP contribution in [0.2, 0.25) is 0 Å². The van der Waals surface area contributed by atoms with Crippen LogP contribution in [-0.4, -0.2) is 34.7 Å². The topological polar surface area (TPSA) is 80.2 Å². The van der Waals surface area contributed by atoms with Crippen molar-refractivity contribution in [1.82, 2.24) is 15.2 Å². The van der Waals surface area contributed by atoms with Gasteiger partial charge >= 0.3 is 0 Å². The second-order valence-corrected chi connectivity index (χ2v) is 6.77. The van der Waals surface area contributed by atoms with E-state index in [9.17, 15) is 4.79 Å². The van der Waals surface area contributed by atoms with Crippen molar-refractivity contribution in [3.63, 3.8) is 0 Å². The maximum atomic E-state index is 12.0. The fourth-order valence-electron chi connectivity index (χ4n) is 2.98. The number of anilines is 2. The zero-order chi connectivity index (χ0) is 22.0. The molecule has 0 unspecified atom stereocenters. The number of hydrogen-bond acceptors (Lipinski definition) is 6. The van der Waals surface area contributed by atoms with Crippen molar-refractivity contribution in [2.75, 3.05) is 23.9 Å². The number of nitrogens with one attached hydrogen (secondary N) is 1. The van der Waals surface area contributed by atoms with Gasteiger partial charge in [0.15, 0.2) is 11.6 Å². The number of rotatable bonds is 7. The van der Waals surface area contributed by atoms with Gasteiger partial charge in [-0.3, -0.25) is 4.79 Å². The van der Waals surface area contributed by atoms with E-state index in [4.69, 9.17) is 8.85 Å². The molecular formula is C21H23N5O2. The number of benzene rings is 1. The van der Waals surface area contributed by atoms with E-state index in [1.165, 1.54) is 0 Å². The molecule has 144 valence electrons. The molecule has 1 aliphatic carbocycles. The van der Waals surface area contributed by atoms with Gasteiger partial charge in [0, 0.05) is 34.7 Å². The minimum absolute atomic E-state index is 0.0496. The number of fused-ring (bicyclic) bond motifs is 1. The number of methoxy groups -OCH3 is 1. The van der Waals surface area contributed by atoms with Crippen molar-refractivity contribution in [3.05, 3.63) is 48.2 Å². The summed E-state index contributed by atoms with van der Waals surface area (Å²) in [5.74, 6) is 1.54. The first-order valence-corrected chi connectivity index (χ1v) is 9.13. The Balaban J connectivity index is 1.65. The summed E-state index contributed by atoms with van der Waals surface area (Å²) in [6, 6.07) is 10.9. The predicted molar refractivity (Wildman–Crippen MR) is 108 cm³/mol. The summed E-state index contributed by atoms with van der Waals surface area (Å²) < 4.78 is 28.5. The van der Waals surface area contributed by atoms with E-state index in [-0.39, 0.29) is 18.4 Å². The molecule has 1 amide bonds. The van der Waals surface area contributed by atoms with Gasteiger partial charge in [0.05, 0.1) is 7.11 Å². The highest BCUT2D eigenvalue weighted by molar-refractivity contribution is 5.96. The molecule has 3 aromatic rings. The van der Waals surface area contributed by atoms with Crippen molar-refractivity contribution in [2.24, 2.45) is 5.92 Å². The second-order valence-electron chi connectivity index (χ2n) is 6.77. The van der Waals surface area contributed by atoms with Crippen LogP contribution in [0, 0.1) is 5.92 Å². The zero-order valence-corrected chi connectivity index (χ0v) is 15.6. The van der Waals surface area contributed by atoms with E-state index in [2.05, 4.69) is 20.5 Å². The molecule has 28 heavy (non-hydrogen) atoms. The van der Waals surface area contributed by atoms with Crippen LogP contribution < -0.4 is 15.0 Å². The van der Waals surface area contributed by atoms with Gasteiger partial charge in [-0.05, 0) is 49.5 Å². The third-order valence-electron chi connectivity index (χ3n) is 4.71. The Morgan fingerprint density at radius 1 is 1.29 bits per heavy atom. The van der Waals surface area contributed by atoms with Crippen LogP contribution in [0.25, 0.3) is 10.9 Å². The van der Waals surface area contributed by atoms with Gasteiger partial charge in [-0.1, -0.05) is 12.1 Å². The molecule has 2 heterocycles. The molecule has 1 saturated carbocycles. The number of ether oxygens (including phenoxy) is 1. The standard InChI is InChI=1S/C21H23N5O2/c1-3-26(13-14-4-8-17(28-2)9-5-14)20-19-16(10-11-22-20)12-18(24-25-19)23-21(27)15-6-7-15/h4-5,8-12,15H,3,6-7,13H2,1-2H3,(H,23,24,27)/i1D3. The number of carbonyl (C=O) groups excluding carboxylic acids is 1. The Morgan fingerprint density at radius 2 is 2.11 bits per heavy atom. The first-order valence-electron chi connectivity index (χ1n) is 10.6. The highest BCUT2D eigenvalue weighted by Gasteiger charge is 2.30. The van der Waals surface area contributed by atoms with Gasteiger partial charge in [-0.2, -0.15) is 0 Å². The summed E-state index contributed by atoms with van der Waals surface area (Å²) in [4.78, 5) is 18.1. The number of nitrogens with zero attached hydrogens (tertiary/aromatic N) is 4. The molecule has 0 spiro atoms. The summed E-state index contributed by atoms with van der Waals surface area (Å²) in [7, 11) is 1.59. The van der Waals surface area contributed by atoms with E-state index in [0.717, 1.165) is 29.5 Å². The molecule has 0 radical (unpaired) electrons. The van der Waals surface area contributed by atoms with Gasteiger partial charge in [0.1, 0.15) is 11.3 Å². The SMILES string of the molecule is [2H]C([2H])([2H])CN(Cc1ccc(OC)cc1)c1nccc2cc(NC(=O)C3CC3)nnc12. The van der Waals surface area contributed by atoms with E-state index in [1.54, 1.807) is 30.3 Å². The van der Waals surface area contributed by atoms with Gasteiger partial charge < -0.3 is 15.0 Å². The van der Waals surface area contributed by atoms with Crippen LogP contribution in [-0.2, 0) is 11.3 Å². The van der Waals surface area contributed by atoms with Crippen LogP contribution in [0.1, 0.15) is 29.4 Å². The molecule has 0 atom stereocenters. The van der Waals surface area contributed by atoms with Crippen LogP contribution >= 0.6 is 0 Å². The normalized spacial score (nSPS) is 15.4. The lowest BCUT2D eigenvalue weighted by molar-refractivity contribution is -0.117. The van der Waals surface area contributed by atoms with Gasteiger partial charge in [0.25, 0.3) is 0 Å². The third kappa shape index (κ3) is 3.88. The maximum absolute atomic E-state index is 12.0. The maximum Gasteiger partial charge on any atom is 0.228 e. The fourth-order valence-corrected chi connectivity index (χ4v) is 2.98. The monoisotopic (exact) mass is 380 g/mol. The Labute approximate surface area is 168 Å². The Bertz CT molecular complexity index is 1080. The number of pyridine rings is 1. The van der Waals surface area contributed by atoms with Crippen molar-refractivity contribution in [1.29, 1.82) is 0 Å². The number of aromatic nitrogens is 3. The minimum atomic E-state index is -2.19. The first-order chi connectivity index (χ1) is 14.8. The van der Waals surface area contributed by atoms with Crippen LogP contribution in [0.5, 0.6) is 5.75 Å². The summed E-state index contributed by atoms with van der Waals surface area (Å²) in [6.07, 6.45) is 3.40. The summed E-state index contributed by atoms with van der Waals surface area (Å²) >= 11 is 0. The second kappa shape index (κ2) is 7.80. The molecular weight excluding hydrogens is 354 g/mol. The van der Waals surface area contributed by atoms with Crippen molar-refractivity contribution in [2.45, 2.75) is 26.2 Å². The lowest BCUT2D eigenvalue weighted by Gasteiger charge is -2.23. The first kappa shape index (κ1) is 14.8. The van der Waals surface area contributed by atoms with Crippen LogP contribution in [0.15, 0.2) is 42.6 Å². The number of carbonyl (C=O) groups is 1. The quantitative estimate of drug-likeness (QED) is 0.677. The number of hydrogen-bond donors (Lipinski definition) is 1. The lowest BCUT2D eigenvalue weighted by atomic mass is 10.2. The Hall–Kier alpha value is -3.22. The molecule has 2 aromatic heterocycles. The van der Waals surface area contributed by atoms with Crippen molar-refractivity contribution >= 4 is 28.4 Å². The predicted octanol–water partition coefficient (Wildman–Crippen LogP) is 3.41. The molecule has 1 N–H and O–H groups in total.